The van der Waals surface area contributed by atoms with E-state index in [2.05, 4.69) is 5.32 Å². The molecule has 1 aromatic carbocycles. The number of hydrogen-bond donors (Lipinski definition) is 1. The van der Waals surface area contributed by atoms with Crippen LogP contribution in [0.25, 0.3) is 0 Å². The molecule has 0 aromatic heterocycles. The van der Waals surface area contributed by atoms with E-state index in [1.807, 2.05) is 30.3 Å². The molecular formula is C12H14F2N2. The average molecular weight is 224 g/mol. The summed E-state index contributed by atoms with van der Waals surface area (Å²) < 4.78 is 25.3. The first-order valence-electron chi connectivity index (χ1n) is 5.31. The number of piperazine rings is 1. The molecule has 2 nitrogen and oxygen atoms in total. The van der Waals surface area contributed by atoms with Gasteiger partial charge < -0.3 is 10.2 Å². The Labute approximate surface area is 93.6 Å². The van der Waals surface area contributed by atoms with Crippen LogP contribution in [0, 0.1) is 0 Å². The quantitative estimate of drug-likeness (QED) is 0.828. The Morgan fingerprint density at radius 1 is 1.25 bits per heavy atom. The molecule has 1 saturated heterocycles. The van der Waals surface area contributed by atoms with Crippen LogP contribution in [-0.2, 0) is 6.54 Å². The Hall–Kier alpha value is -1.42. The molecule has 0 spiro atoms. The Morgan fingerprint density at radius 2 is 2.00 bits per heavy atom. The molecule has 0 radical (unpaired) electrons. The zero-order valence-corrected chi connectivity index (χ0v) is 8.92. The van der Waals surface area contributed by atoms with Crippen LogP contribution in [0.15, 0.2) is 42.1 Å². The minimum absolute atomic E-state index is 0.120. The van der Waals surface area contributed by atoms with Crippen molar-refractivity contribution < 1.29 is 8.78 Å². The summed E-state index contributed by atoms with van der Waals surface area (Å²) in [6.45, 7) is 2.19. The zero-order chi connectivity index (χ0) is 11.4. The molecule has 16 heavy (non-hydrogen) atoms. The number of nitrogens with zero attached hydrogens (tertiary/aromatic N) is 1. The van der Waals surface area contributed by atoms with Gasteiger partial charge in [0, 0.05) is 26.2 Å². The summed E-state index contributed by atoms with van der Waals surface area (Å²) in [5.41, 5.74) is 1.18. The molecule has 0 unspecified atom stereocenters. The van der Waals surface area contributed by atoms with Crippen LogP contribution in [0.1, 0.15) is 5.56 Å². The van der Waals surface area contributed by atoms with Crippen molar-refractivity contribution in [2.24, 2.45) is 0 Å². The van der Waals surface area contributed by atoms with Crippen molar-refractivity contribution in [3.05, 3.63) is 47.7 Å². The van der Waals surface area contributed by atoms with Crippen LogP contribution in [0.3, 0.4) is 0 Å². The largest absolute Gasteiger partial charge is 0.364 e. The summed E-state index contributed by atoms with van der Waals surface area (Å²) in [6, 6.07) is 9.68. The highest BCUT2D eigenvalue weighted by Gasteiger charge is 2.19. The predicted octanol–water partition coefficient (Wildman–Crippen LogP) is 2.20. The first-order chi connectivity index (χ1) is 7.77. The number of hydrogen-bond acceptors (Lipinski definition) is 2. The first-order valence-corrected chi connectivity index (χ1v) is 5.31. The molecule has 0 bridgehead atoms. The molecule has 1 fully saturated rings. The van der Waals surface area contributed by atoms with Gasteiger partial charge in [-0.2, -0.15) is 8.78 Å². The van der Waals surface area contributed by atoms with Crippen LogP contribution >= 0.6 is 0 Å². The van der Waals surface area contributed by atoms with E-state index in [1.54, 1.807) is 4.90 Å². The summed E-state index contributed by atoms with van der Waals surface area (Å²) >= 11 is 0. The molecule has 0 amide bonds. The average Bonchev–Trinajstić information content (AvgIpc) is 2.31. The van der Waals surface area contributed by atoms with Crippen LogP contribution in [0.4, 0.5) is 8.78 Å². The van der Waals surface area contributed by atoms with Crippen molar-refractivity contribution in [3.63, 3.8) is 0 Å². The highest BCUT2D eigenvalue weighted by atomic mass is 19.3. The molecule has 4 heteroatoms. The number of halogens is 2. The Kier molecular flexibility index (Phi) is 3.51. The van der Waals surface area contributed by atoms with Crippen molar-refractivity contribution >= 4 is 0 Å². The predicted molar refractivity (Wildman–Crippen MR) is 59.0 cm³/mol. The van der Waals surface area contributed by atoms with Crippen LogP contribution < -0.4 is 5.32 Å². The van der Waals surface area contributed by atoms with Crippen molar-refractivity contribution in [2.75, 3.05) is 19.6 Å². The molecule has 1 aromatic rings. The molecule has 0 aliphatic carbocycles. The van der Waals surface area contributed by atoms with E-state index in [4.69, 9.17) is 0 Å². The summed E-state index contributed by atoms with van der Waals surface area (Å²) in [6.07, 6.45) is -1.58. The van der Waals surface area contributed by atoms with Gasteiger partial charge in [0.15, 0.2) is 0 Å². The number of nitrogens with one attached hydrogen (secondary N) is 1. The molecule has 1 aliphatic rings. The molecule has 0 atom stereocenters. The Morgan fingerprint density at radius 3 is 2.69 bits per heavy atom. The van der Waals surface area contributed by atoms with E-state index in [9.17, 15) is 8.78 Å². The maximum Gasteiger partial charge on any atom is 0.290 e. The fourth-order valence-electron chi connectivity index (χ4n) is 1.83. The molecule has 1 heterocycles. The topological polar surface area (TPSA) is 15.3 Å². The Bertz CT molecular complexity index is 372. The highest BCUT2D eigenvalue weighted by Crippen LogP contribution is 2.17. The van der Waals surface area contributed by atoms with Gasteiger partial charge in [-0.25, -0.2) is 0 Å². The summed E-state index contributed by atoms with van der Waals surface area (Å²) in [5.74, 6) is 0. The molecule has 2 rings (SSSR count). The maximum absolute atomic E-state index is 12.7. The number of rotatable bonds is 2. The van der Waals surface area contributed by atoms with Crippen molar-refractivity contribution in [3.8, 4) is 0 Å². The van der Waals surface area contributed by atoms with E-state index >= 15 is 0 Å². The lowest BCUT2D eigenvalue weighted by Gasteiger charge is -2.31. The van der Waals surface area contributed by atoms with Gasteiger partial charge in [0.05, 0.1) is 5.70 Å². The highest BCUT2D eigenvalue weighted by molar-refractivity contribution is 5.17. The summed E-state index contributed by atoms with van der Waals surface area (Å²) in [7, 11) is 0. The van der Waals surface area contributed by atoms with Gasteiger partial charge in [0.2, 0.25) is 0 Å². The van der Waals surface area contributed by atoms with E-state index in [0.717, 1.165) is 12.1 Å². The maximum atomic E-state index is 12.7. The fourth-order valence-corrected chi connectivity index (χ4v) is 1.83. The zero-order valence-electron chi connectivity index (χ0n) is 8.92. The molecule has 1 aliphatic heterocycles. The third-order valence-electron chi connectivity index (χ3n) is 2.67. The minimum atomic E-state index is -1.58. The third-order valence-corrected chi connectivity index (χ3v) is 2.67. The van der Waals surface area contributed by atoms with Gasteiger partial charge in [-0.05, 0) is 5.56 Å². The minimum Gasteiger partial charge on any atom is -0.364 e. The lowest BCUT2D eigenvalue weighted by Crippen LogP contribution is -2.41. The van der Waals surface area contributed by atoms with E-state index < -0.39 is 6.08 Å². The summed E-state index contributed by atoms with van der Waals surface area (Å²) in [4.78, 5) is 1.74. The second-order valence-corrected chi connectivity index (χ2v) is 3.79. The fraction of sp³-hybridized carbons (Fsp3) is 0.333. The van der Waals surface area contributed by atoms with Crippen LogP contribution in [-0.4, -0.2) is 24.5 Å². The lowest BCUT2D eigenvalue weighted by molar-refractivity contribution is 0.258. The standard InChI is InChI=1S/C12H14F2N2/c13-12(14)11-8-15-6-7-16(11)9-10-4-2-1-3-5-10/h1-5,15H,6-9H2. The molecule has 86 valence electrons. The van der Waals surface area contributed by atoms with E-state index in [1.165, 1.54) is 0 Å². The van der Waals surface area contributed by atoms with Gasteiger partial charge in [-0.15, -0.1) is 0 Å². The second kappa shape index (κ2) is 5.07. The lowest BCUT2D eigenvalue weighted by atomic mass is 10.2. The normalized spacial score (nSPS) is 16.4. The van der Waals surface area contributed by atoms with Gasteiger partial charge in [-0.3, -0.25) is 0 Å². The SMILES string of the molecule is FC(F)=C1CNCCN1Cc1ccccc1. The van der Waals surface area contributed by atoms with Crippen molar-refractivity contribution in [1.29, 1.82) is 0 Å². The van der Waals surface area contributed by atoms with Gasteiger partial charge >= 0.3 is 0 Å². The monoisotopic (exact) mass is 224 g/mol. The van der Waals surface area contributed by atoms with Gasteiger partial charge in [0.25, 0.3) is 6.08 Å². The number of benzene rings is 1. The van der Waals surface area contributed by atoms with E-state index in [-0.39, 0.29) is 12.2 Å². The smallest absolute Gasteiger partial charge is 0.290 e. The van der Waals surface area contributed by atoms with Crippen molar-refractivity contribution in [1.82, 2.24) is 10.2 Å². The molecular weight excluding hydrogens is 210 g/mol. The molecule has 0 saturated carbocycles. The van der Waals surface area contributed by atoms with Gasteiger partial charge in [0.1, 0.15) is 0 Å². The van der Waals surface area contributed by atoms with Crippen LogP contribution in [0.2, 0.25) is 0 Å². The summed E-state index contributed by atoms with van der Waals surface area (Å²) in [5, 5.41) is 2.95. The first kappa shape index (κ1) is 11.1. The third kappa shape index (κ3) is 2.58. The molecule has 1 N–H and O–H groups in total. The Balaban J connectivity index is 2.11. The van der Waals surface area contributed by atoms with Crippen molar-refractivity contribution in [2.45, 2.75) is 6.54 Å². The van der Waals surface area contributed by atoms with Gasteiger partial charge in [-0.1, -0.05) is 30.3 Å². The second-order valence-electron chi connectivity index (χ2n) is 3.79. The van der Waals surface area contributed by atoms with Crippen LogP contribution in [0.5, 0.6) is 0 Å². The van der Waals surface area contributed by atoms with E-state index in [0.29, 0.717) is 13.1 Å².